The number of benzene rings is 1. The van der Waals surface area contributed by atoms with E-state index in [0.29, 0.717) is 17.0 Å². The maximum Gasteiger partial charge on any atom is 0.296 e. The van der Waals surface area contributed by atoms with Crippen LogP contribution >= 0.6 is 0 Å². The molecule has 0 aliphatic rings. The van der Waals surface area contributed by atoms with Crippen molar-refractivity contribution in [2.24, 2.45) is 0 Å². The number of aromatic nitrogens is 1. The lowest BCUT2D eigenvalue weighted by molar-refractivity contribution is 0.347. The van der Waals surface area contributed by atoms with E-state index in [0.717, 1.165) is 5.56 Å². The zero-order chi connectivity index (χ0) is 17.2. The normalized spacial score (nSPS) is 13.5. The monoisotopic (exact) mass is 317 g/mol. The molecule has 5 nitrogen and oxygen atoms in total. The molecule has 0 unspecified atom stereocenters. The van der Waals surface area contributed by atoms with Gasteiger partial charge < -0.3 is 13.9 Å². The van der Waals surface area contributed by atoms with Crippen molar-refractivity contribution in [3.8, 4) is 11.5 Å². The molecule has 1 aromatic carbocycles. The van der Waals surface area contributed by atoms with Gasteiger partial charge in [-0.25, -0.2) is 0 Å². The Morgan fingerprint density at radius 2 is 1.87 bits per heavy atom. The average Bonchev–Trinajstić information content (AvgIpc) is 2.83. The van der Waals surface area contributed by atoms with Crippen molar-refractivity contribution in [1.82, 2.24) is 4.57 Å². The van der Waals surface area contributed by atoms with Gasteiger partial charge >= 0.3 is 0 Å². The van der Waals surface area contributed by atoms with Crippen LogP contribution in [-0.4, -0.2) is 18.8 Å². The van der Waals surface area contributed by atoms with E-state index in [9.17, 15) is 4.79 Å². The van der Waals surface area contributed by atoms with Crippen LogP contribution in [0.15, 0.2) is 27.4 Å². The third kappa shape index (κ3) is 3.33. The lowest BCUT2D eigenvalue weighted by Gasteiger charge is -2.18. The van der Waals surface area contributed by atoms with Gasteiger partial charge in [0, 0.05) is 17.2 Å². The molecule has 0 saturated carbocycles. The Labute approximate surface area is 135 Å². The number of methoxy groups -OCH3 is 2. The van der Waals surface area contributed by atoms with E-state index in [1.165, 1.54) is 0 Å². The van der Waals surface area contributed by atoms with Gasteiger partial charge in [-0.2, -0.15) is 0 Å². The van der Waals surface area contributed by atoms with Gasteiger partial charge in [-0.05, 0) is 52.0 Å². The second-order valence-corrected chi connectivity index (χ2v) is 6.16. The van der Waals surface area contributed by atoms with Crippen molar-refractivity contribution >= 4 is 12.2 Å². The van der Waals surface area contributed by atoms with Crippen LogP contribution in [0.4, 0.5) is 0 Å². The Morgan fingerprint density at radius 1 is 1.17 bits per heavy atom. The topological polar surface area (TPSA) is 53.6 Å². The zero-order valence-electron chi connectivity index (χ0n) is 14.5. The van der Waals surface area contributed by atoms with Crippen molar-refractivity contribution in [2.75, 3.05) is 14.2 Å². The van der Waals surface area contributed by atoms with Crippen molar-refractivity contribution in [1.29, 1.82) is 0 Å². The number of nitrogens with zero attached hydrogens (tertiary/aromatic N) is 1. The molecule has 0 amide bonds. The van der Waals surface area contributed by atoms with E-state index >= 15 is 0 Å². The molecule has 0 radical (unpaired) electrons. The summed E-state index contributed by atoms with van der Waals surface area (Å²) in [6.45, 7) is 7.75. The van der Waals surface area contributed by atoms with Gasteiger partial charge in [0.1, 0.15) is 11.5 Å². The Morgan fingerprint density at radius 3 is 2.35 bits per heavy atom. The van der Waals surface area contributed by atoms with Crippen LogP contribution in [0.1, 0.15) is 33.3 Å². The third-order valence-corrected chi connectivity index (χ3v) is 3.49. The summed E-state index contributed by atoms with van der Waals surface area (Å²) in [5.41, 5.74) is 1.04. The highest BCUT2D eigenvalue weighted by Crippen LogP contribution is 2.24. The predicted molar refractivity (Wildman–Crippen MR) is 90.5 cm³/mol. The van der Waals surface area contributed by atoms with Crippen molar-refractivity contribution in [2.45, 2.75) is 33.2 Å². The SMILES string of the molecule is CC=c1o/c(=C/c2ccc(OC)cc2OC)c(=O)n1C(C)(C)C. The number of oxazole rings is 1. The fourth-order valence-electron chi connectivity index (χ4n) is 2.41. The van der Waals surface area contributed by atoms with Crippen molar-refractivity contribution in [3.05, 3.63) is 45.1 Å². The van der Waals surface area contributed by atoms with Gasteiger partial charge in [0.05, 0.1) is 14.2 Å². The Hall–Kier alpha value is -2.43. The summed E-state index contributed by atoms with van der Waals surface area (Å²) < 4.78 is 17.9. The molecule has 5 heteroatoms. The molecular formula is C18H23NO4. The van der Waals surface area contributed by atoms with Crippen molar-refractivity contribution in [3.63, 3.8) is 0 Å². The first kappa shape index (κ1) is 16.9. The van der Waals surface area contributed by atoms with E-state index in [1.54, 1.807) is 37.0 Å². The van der Waals surface area contributed by atoms with Gasteiger partial charge in [-0.1, -0.05) is 0 Å². The lowest BCUT2D eigenvalue weighted by atomic mass is 10.1. The highest BCUT2D eigenvalue weighted by Gasteiger charge is 2.19. The molecule has 2 aromatic rings. The standard InChI is InChI=1S/C18H23NO4/c1-7-16-19(18(2,3)4)17(20)15(23-16)10-12-8-9-13(21-5)11-14(12)22-6/h7-11H,1-6H3/b15-10+,16-7?. The first-order chi connectivity index (χ1) is 10.8. The highest BCUT2D eigenvalue weighted by atomic mass is 16.5. The van der Waals surface area contributed by atoms with E-state index in [4.69, 9.17) is 13.9 Å². The molecule has 0 atom stereocenters. The molecule has 1 heterocycles. The van der Waals surface area contributed by atoms with Crippen LogP contribution in [0.25, 0.3) is 12.2 Å². The Bertz CT molecular complexity index is 866. The first-order valence-corrected chi connectivity index (χ1v) is 7.44. The summed E-state index contributed by atoms with van der Waals surface area (Å²) in [5, 5.41) is 0. The molecule has 124 valence electrons. The first-order valence-electron chi connectivity index (χ1n) is 7.44. The van der Waals surface area contributed by atoms with E-state index in [1.807, 2.05) is 39.8 Å². The van der Waals surface area contributed by atoms with Gasteiger partial charge in [-0.3, -0.25) is 9.36 Å². The molecule has 0 spiro atoms. The molecule has 23 heavy (non-hydrogen) atoms. The largest absolute Gasteiger partial charge is 0.497 e. The van der Waals surface area contributed by atoms with Gasteiger partial charge in [-0.15, -0.1) is 0 Å². The molecular weight excluding hydrogens is 294 g/mol. The lowest BCUT2D eigenvalue weighted by Crippen LogP contribution is -2.41. The maximum absolute atomic E-state index is 12.7. The fraction of sp³-hybridized carbons (Fsp3) is 0.389. The summed E-state index contributed by atoms with van der Waals surface area (Å²) in [7, 11) is 3.17. The molecule has 0 N–H and O–H groups in total. The predicted octanol–water partition coefficient (Wildman–Crippen LogP) is 1.84. The second kappa shape index (κ2) is 6.36. The molecule has 0 fully saturated rings. The minimum Gasteiger partial charge on any atom is -0.497 e. The molecule has 0 aliphatic heterocycles. The summed E-state index contributed by atoms with van der Waals surface area (Å²) in [4.78, 5) is 12.7. The van der Waals surface area contributed by atoms with Crippen LogP contribution in [0.5, 0.6) is 11.5 Å². The van der Waals surface area contributed by atoms with E-state index in [2.05, 4.69) is 0 Å². The second-order valence-electron chi connectivity index (χ2n) is 6.16. The van der Waals surface area contributed by atoms with Crippen LogP contribution in [0.2, 0.25) is 0 Å². The minimum absolute atomic E-state index is 0.163. The van der Waals surface area contributed by atoms with Crippen LogP contribution in [0, 0.1) is 0 Å². The van der Waals surface area contributed by atoms with Gasteiger partial charge in [0.2, 0.25) is 0 Å². The summed E-state index contributed by atoms with van der Waals surface area (Å²) in [6, 6.07) is 5.41. The summed E-state index contributed by atoms with van der Waals surface area (Å²) in [5.74, 6) is 1.30. The number of hydrogen-bond acceptors (Lipinski definition) is 4. The third-order valence-electron chi connectivity index (χ3n) is 3.49. The molecule has 0 aliphatic carbocycles. The summed E-state index contributed by atoms with van der Waals surface area (Å²) in [6.07, 6.45) is 3.48. The van der Waals surface area contributed by atoms with Crippen LogP contribution in [-0.2, 0) is 5.54 Å². The van der Waals surface area contributed by atoms with Gasteiger partial charge in [0.15, 0.2) is 11.0 Å². The molecule has 0 saturated heterocycles. The number of ether oxygens (including phenoxy) is 2. The fourth-order valence-corrected chi connectivity index (χ4v) is 2.41. The average molecular weight is 317 g/mol. The Balaban J connectivity index is 2.71. The molecule has 2 rings (SSSR count). The van der Waals surface area contributed by atoms with Crippen LogP contribution in [0.3, 0.4) is 0 Å². The summed E-state index contributed by atoms with van der Waals surface area (Å²) >= 11 is 0. The van der Waals surface area contributed by atoms with E-state index in [-0.39, 0.29) is 16.5 Å². The maximum atomic E-state index is 12.7. The van der Waals surface area contributed by atoms with Crippen molar-refractivity contribution < 1.29 is 13.9 Å². The van der Waals surface area contributed by atoms with E-state index < -0.39 is 0 Å². The van der Waals surface area contributed by atoms with Crippen LogP contribution < -0.4 is 26.0 Å². The smallest absolute Gasteiger partial charge is 0.296 e. The highest BCUT2D eigenvalue weighted by molar-refractivity contribution is 5.58. The molecule has 1 aromatic heterocycles. The Kier molecular flexibility index (Phi) is 4.68. The zero-order valence-corrected chi connectivity index (χ0v) is 14.5. The quantitative estimate of drug-likeness (QED) is 0.867. The number of rotatable bonds is 3. The minimum atomic E-state index is -0.363. The molecule has 0 bridgehead atoms. The number of hydrogen-bond donors (Lipinski definition) is 0. The van der Waals surface area contributed by atoms with Gasteiger partial charge in [0.25, 0.3) is 5.56 Å².